The smallest absolute Gasteiger partial charge is 0.253 e. The van der Waals surface area contributed by atoms with E-state index < -0.39 is 0 Å². The molecule has 0 saturated carbocycles. The molecule has 9 nitrogen and oxygen atoms in total. The number of hydrazine groups is 1. The molecule has 10 heteroatoms. The molecule has 4 rings (SSSR count). The lowest BCUT2D eigenvalue weighted by molar-refractivity contribution is -0.0593. The largest absolute Gasteiger partial charge is 0.396 e. The highest BCUT2D eigenvalue weighted by atomic mass is 19.1. The molecule has 0 bridgehead atoms. The number of nitrogens with zero attached hydrogens (tertiary/aromatic N) is 4. The third-order valence-electron chi connectivity index (χ3n) is 5.12. The number of halogens is 1. The van der Waals surface area contributed by atoms with E-state index in [0.29, 0.717) is 47.2 Å². The first-order valence-electron chi connectivity index (χ1n) is 9.91. The topological polar surface area (TPSA) is 124 Å². The number of rotatable bonds is 6. The highest BCUT2D eigenvalue weighted by Gasteiger charge is 2.35. The van der Waals surface area contributed by atoms with Gasteiger partial charge >= 0.3 is 0 Å². The highest BCUT2D eigenvalue weighted by Crippen LogP contribution is 2.24. The van der Waals surface area contributed by atoms with Crippen molar-refractivity contribution in [3.05, 3.63) is 77.8 Å². The minimum atomic E-state index is -0.355. The Morgan fingerprint density at radius 1 is 1.19 bits per heavy atom. The molecule has 3 aromatic rings. The van der Waals surface area contributed by atoms with Gasteiger partial charge in [0.05, 0.1) is 30.0 Å². The number of aromatic nitrogens is 3. The molecular weight excluding hydrogens is 413 g/mol. The molecule has 32 heavy (non-hydrogen) atoms. The van der Waals surface area contributed by atoms with Gasteiger partial charge in [0.1, 0.15) is 29.4 Å². The predicted octanol–water partition coefficient (Wildman–Crippen LogP) is 1.52. The molecule has 1 fully saturated rings. The Morgan fingerprint density at radius 3 is 2.44 bits per heavy atom. The number of nitrogens with one attached hydrogen (secondary N) is 1. The second kappa shape index (κ2) is 8.40. The Kier molecular flexibility index (Phi) is 5.64. The van der Waals surface area contributed by atoms with E-state index in [1.807, 2.05) is 6.92 Å². The fraction of sp³-hybridized carbons (Fsp3) is 0.227. The zero-order chi connectivity index (χ0) is 22.9. The van der Waals surface area contributed by atoms with Gasteiger partial charge in [0, 0.05) is 19.4 Å². The van der Waals surface area contributed by atoms with Crippen LogP contribution in [0.25, 0.3) is 17.2 Å². The molecule has 166 valence electrons. The summed E-state index contributed by atoms with van der Waals surface area (Å²) in [6.07, 6.45) is 4.81. The molecule has 1 aromatic carbocycles. The van der Waals surface area contributed by atoms with E-state index >= 15 is 0 Å². The zero-order valence-corrected chi connectivity index (χ0v) is 17.7. The summed E-state index contributed by atoms with van der Waals surface area (Å²) in [5.74, 6) is 6.02. The molecule has 1 aliphatic heterocycles. The second-order valence-electron chi connectivity index (χ2n) is 7.96. The van der Waals surface area contributed by atoms with Gasteiger partial charge in [-0.25, -0.2) is 20.2 Å². The van der Waals surface area contributed by atoms with Crippen LogP contribution in [-0.4, -0.2) is 51.3 Å². The van der Waals surface area contributed by atoms with Crippen molar-refractivity contribution in [2.24, 2.45) is 11.6 Å². The summed E-state index contributed by atoms with van der Waals surface area (Å²) in [4.78, 5) is 21.2. The van der Waals surface area contributed by atoms with Crippen LogP contribution in [0.4, 0.5) is 4.39 Å². The van der Waals surface area contributed by atoms with Crippen LogP contribution in [-0.2, 0) is 4.74 Å². The summed E-state index contributed by atoms with van der Waals surface area (Å²) >= 11 is 0. The number of ether oxygens (including phenoxy) is 1. The van der Waals surface area contributed by atoms with Crippen LogP contribution in [0.1, 0.15) is 28.5 Å². The summed E-state index contributed by atoms with van der Waals surface area (Å²) in [6.45, 7) is 2.92. The summed E-state index contributed by atoms with van der Waals surface area (Å²) < 4.78 is 20.1. The van der Waals surface area contributed by atoms with Crippen molar-refractivity contribution in [1.29, 1.82) is 0 Å². The normalized spacial score (nSPS) is 15.5. The lowest BCUT2D eigenvalue weighted by atomic mass is 10.0. The average Bonchev–Trinajstić information content (AvgIpc) is 3.22. The minimum absolute atomic E-state index is 0.205. The van der Waals surface area contributed by atoms with Crippen molar-refractivity contribution < 1.29 is 13.9 Å². The molecule has 0 atom stereocenters. The fourth-order valence-electron chi connectivity index (χ4n) is 3.34. The molecule has 0 unspecified atom stereocenters. The Hall–Kier alpha value is -3.76. The molecule has 0 spiro atoms. The number of benzene rings is 1. The summed E-state index contributed by atoms with van der Waals surface area (Å²) in [6, 6.07) is 9.22. The van der Waals surface area contributed by atoms with Gasteiger partial charge in [0.2, 0.25) is 0 Å². The van der Waals surface area contributed by atoms with E-state index in [-0.39, 0.29) is 17.3 Å². The van der Waals surface area contributed by atoms with Crippen LogP contribution in [0.5, 0.6) is 0 Å². The van der Waals surface area contributed by atoms with Crippen LogP contribution in [0, 0.1) is 5.82 Å². The van der Waals surface area contributed by atoms with Crippen molar-refractivity contribution in [3.8, 4) is 5.82 Å². The number of carbonyl (C=O) groups is 1. The lowest BCUT2D eigenvalue weighted by Crippen LogP contribution is -2.59. The van der Waals surface area contributed by atoms with Crippen molar-refractivity contribution in [2.75, 3.05) is 20.3 Å². The Morgan fingerprint density at radius 2 is 1.88 bits per heavy atom. The Balaban J connectivity index is 1.57. The molecule has 0 aliphatic carbocycles. The maximum absolute atomic E-state index is 13.3. The van der Waals surface area contributed by atoms with Gasteiger partial charge in [0.25, 0.3) is 5.91 Å². The number of nitrogens with two attached hydrogens (primary N) is 2. The van der Waals surface area contributed by atoms with Crippen molar-refractivity contribution in [1.82, 2.24) is 24.9 Å². The van der Waals surface area contributed by atoms with E-state index in [1.165, 1.54) is 23.3 Å². The van der Waals surface area contributed by atoms with Crippen molar-refractivity contribution >= 4 is 17.3 Å². The SMILES string of the molecule is CN(N)/C(=C(\N)c1ccc(F)cc1)c1cn(-c2ccc(C(=O)NC3(C)COC3)cn2)cn1. The van der Waals surface area contributed by atoms with Gasteiger partial charge in [-0.15, -0.1) is 0 Å². The van der Waals surface area contributed by atoms with Gasteiger partial charge in [-0.2, -0.15) is 0 Å². The molecule has 2 aromatic heterocycles. The van der Waals surface area contributed by atoms with Crippen LogP contribution >= 0.6 is 0 Å². The van der Waals surface area contributed by atoms with Gasteiger partial charge in [-0.1, -0.05) is 0 Å². The number of carbonyl (C=O) groups excluding carboxylic acids is 1. The first kappa shape index (κ1) is 21.5. The van der Waals surface area contributed by atoms with Gasteiger partial charge in [-0.3, -0.25) is 9.36 Å². The molecular formula is C22H24FN7O2. The maximum Gasteiger partial charge on any atom is 0.253 e. The number of pyridine rings is 1. The van der Waals surface area contributed by atoms with Crippen LogP contribution in [0.3, 0.4) is 0 Å². The quantitative estimate of drug-likeness (QED) is 0.394. The predicted molar refractivity (Wildman–Crippen MR) is 117 cm³/mol. The highest BCUT2D eigenvalue weighted by molar-refractivity contribution is 5.94. The average molecular weight is 437 g/mol. The zero-order valence-electron chi connectivity index (χ0n) is 17.7. The molecule has 0 radical (unpaired) electrons. The summed E-state index contributed by atoms with van der Waals surface area (Å²) in [5, 5.41) is 4.30. The van der Waals surface area contributed by atoms with Crippen molar-refractivity contribution in [2.45, 2.75) is 12.5 Å². The van der Waals surface area contributed by atoms with Crippen LogP contribution in [0.15, 0.2) is 55.1 Å². The van der Waals surface area contributed by atoms with E-state index in [9.17, 15) is 9.18 Å². The third-order valence-corrected chi connectivity index (χ3v) is 5.12. The van der Waals surface area contributed by atoms with Crippen molar-refractivity contribution in [3.63, 3.8) is 0 Å². The molecule has 5 N–H and O–H groups in total. The van der Waals surface area contributed by atoms with Crippen LogP contribution in [0.2, 0.25) is 0 Å². The van der Waals surface area contributed by atoms with Gasteiger partial charge < -0.3 is 20.8 Å². The third kappa shape index (κ3) is 4.32. The van der Waals surface area contributed by atoms with E-state index in [0.717, 1.165) is 0 Å². The summed E-state index contributed by atoms with van der Waals surface area (Å²) in [7, 11) is 1.64. The minimum Gasteiger partial charge on any atom is -0.396 e. The molecule has 1 amide bonds. The molecule has 3 heterocycles. The monoisotopic (exact) mass is 437 g/mol. The molecule has 1 saturated heterocycles. The number of hydrogen-bond donors (Lipinski definition) is 3. The summed E-state index contributed by atoms with van der Waals surface area (Å²) in [5.41, 5.74) is 8.38. The Bertz CT molecular complexity index is 1150. The number of imidazole rings is 1. The van der Waals surface area contributed by atoms with E-state index in [1.54, 1.807) is 48.4 Å². The Labute approximate surface area is 184 Å². The first-order valence-corrected chi connectivity index (χ1v) is 9.91. The standard InChI is InChI=1S/C22H24FN7O2/c1-22(11-32-12-22)28-21(31)15-5-8-18(26-9-15)30-10-17(27-13-30)20(29(2)25)19(24)14-3-6-16(23)7-4-14/h3-10,13H,11-12,24-25H2,1-2H3,(H,28,31)/b20-19-. The van der Waals surface area contributed by atoms with E-state index in [4.69, 9.17) is 16.3 Å². The fourth-order valence-corrected chi connectivity index (χ4v) is 3.34. The van der Waals surface area contributed by atoms with Gasteiger partial charge in [-0.05, 0) is 48.9 Å². The maximum atomic E-state index is 13.3. The first-order chi connectivity index (χ1) is 15.3. The number of hydrogen-bond acceptors (Lipinski definition) is 7. The van der Waals surface area contributed by atoms with Crippen LogP contribution < -0.4 is 16.9 Å². The van der Waals surface area contributed by atoms with E-state index in [2.05, 4.69) is 15.3 Å². The van der Waals surface area contributed by atoms with Gasteiger partial charge in [0.15, 0.2) is 0 Å². The number of amides is 1. The molecule has 1 aliphatic rings. The lowest BCUT2D eigenvalue weighted by Gasteiger charge is -2.38. The second-order valence-corrected chi connectivity index (χ2v) is 7.96.